The lowest BCUT2D eigenvalue weighted by Gasteiger charge is -2.02. The Hall–Kier alpha value is -1.95. The third-order valence-electron chi connectivity index (χ3n) is 2.72. The molecule has 0 aliphatic rings. The fourth-order valence-electron chi connectivity index (χ4n) is 1.90. The van der Waals surface area contributed by atoms with Crippen LogP contribution in [0.2, 0.25) is 0 Å². The van der Waals surface area contributed by atoms with Crippen molar-refractivity contribution >= 4 is 23.3 Å². The highest BCUT2D eigenvalue weighted by Gasteiger charge is 2.11. The lowest BCUT2D eigenvalue weighted by atomic mass is 10.2. The minimum absolute atomic E-state index is 0.213. The molecule has 1 N–H and O–H groups in total. The van der Waals surface area contributed by atoms with E-state index in [0.29, 0.717) is 16.8 Å². The summed E-state index contributed by atoms with van der Waals surface area (Å²) in [7, 11) is 0. The lowest BCUT2D eigenvalue weighted by Crippen LogP contribution is -1.98. The normalized spacial score (nSPS) is 11.2. The van der Waals surface area contributed by atoms with Crippen LogP contribution in [0.25, 0.3) is 11.0 Å². The van der Waals surface area contributed by atoms with E-state index in [9.17, 15) is 8.78 Å². The van der Waals surface area contributed by atoms with Crippen molar-refractivity contribution in [2.45, 2.75) is 6.54 Å². The topological polar surface area (TPSA) is 33.9 Å². The molecule has 0 radical (unpaired) electrons. The SMILES string of the molecule is Fc1cc(F)c2[nH]c(=S)n(Cc3ccoc3)c2c1. The third kappa shape index (κ3) is 1.74. The first kappa shape index (κ1) is 11.2. The van der Waals surface area contributed by atoms with Gasteiger partial charge in [-0.25, -0.2) is 8.78 Å². The predicted molar refractivity (Wildman–Crippen MR) is 64.8 cm³/mol. The van der Waals surface area contributed by atoms with Crippen LogP contribution in [0.15, 0.2) is 35.1 Å². The number of fused-ring (bicyclic) bond motifs is 1. The fraction of sp³-hybridized carbons (Fsp3) is 0.0833. The smallest absolute Gasteiger partial charge is 0.178 e. The minimum Gasteiger partial charge on any atom is -0.472 e. The Labute approximate surface area is 106 Å². The summed E-state index contributed by atoms with van der Waals surface area (Å²) in [5.74, 6) is -1.28. The first-order chi connectivity index (χ1) is 8.65. The summed E-state index contributed by atoms with van der Waals surface area (Å²) in [6.07, 6.45) is 3.10. The minimum atomic E-state index is -0.651. The molecule has 6 heteroatoms. The molecule has 92 valence electrons. The lowest BCUT2D eigenvalue weighted by molar-refractivity contribution is 0.562. The summed E-state index contributed by atoms with van der Waals surface area (Å²) in [4.78, 5) is 2.74. The van der Waals surface area contributed by atoms with Crippen LogP contribution >= 0.6 is 12.2 Å². The van der Waals surface area contributed by atoms with Crippen LogP contribution in [0.3, 0.4) is 0 Å². The van der Waals surface area contributed by atoms with Gasteiger partial charge in [-0.15, -0.1) is 0 Å². The maximum Gasteiger partial charge on any atom is 0.178 e. The van der Waals surface area contributed by atoms with Gasteiger partial charge in [0.2, 0.25) is 0 Å². The maximum atomic E-state index is 13.6. The number of aromatic amines is 1. The summed E-state index contributed by atoms with van der Waals surface area (Å²) in [5, 5.41) is 0. The summed E-state index contributed by atoms with van der Waals surface area (Å²) >= 11 is 5.12. The molecule has 0 bridgehead atoms. The van der Waals surface area contributed by atoms with Gasteiger partial charge in [0.05, 0.1) is 24.6 Å². The van der Waals surface area contributed by atoms with Gasteiger partial charge in [-0.05, 0) is 24.4 Å². The first-order valence-corrected chi connectivity index (χ1v) is 5.64. The first-order valence-electron chi connectivity index (χ1n) is 5.24. The summed E-state index contributed by atoms with van der Waals surface area (Å²) in [6.45, 7) is 0.401. The van der Waals surface area contributed by atoms with Gasteiger partial charge in [0.15, 0.2) is 10.6 Å². The van der Waals surface area contributed by atoms with Gasteiger partial charge in [0.25, 0.3) is 0 Å². The van der Waals surface area contributed by atoms with Crippen LogP contribution in [-0.4, -0.2) is 9.55 Å². The van der Waals surface area contributed by atoms with Crippen molar-refractivity contribution in [2.75, 3.05) is 0 Å². The zero-order chi connectivity index (χ0) is 12.7. The molecule has 0 aliphatic carbocycles. The Morgan fingerprint density at radius 1 is 1.33 bits per heavy atom. The highest BCUT2D eigenvalue weighted by molar-refractivity contribution is 7.71. The molecule has 0 saturated heterocycles. The summed E-state index contributed by atoms with van der Waals surface area (Å²) in [5.41, 5.74) is 1.49. The number of halogens is 2. The molecule has 0 fully saturated rings. The van der Waals surface area contributed by atoms with Gasteiger partial charge in [0.1, 0.15) is 11.3 Å². The predicted octanol–water partition coefficient (Wildman–Crippen LogP) is 3.62. The quantitative estimate of drug-likeness (QED) is 0.719. The third-order valence-corrected chi connectivity index (χ3v) is 3.05. The summed E-state index contributed by atoms with van der Waals surface area (Å²) < 4.78 is 33.7. The summed E-state index contributed by atoms with van der Waals surface area (Å²) in [6, 6.07) is 3.86. The van der Waals surface area contributed by atoms with Crippen LogP contribution in [0.5, 0.6) is 0 Å². The molecular weight excluding hydrogens is 258 g/mol. The van der Waals surface area contributed by atoms with E-state index in [1.807, 2.05) is 0 Å². The monoisotopic (exact) mass is 266 g/mol. The molecule has 2 aromatic heterocycles. The molecule has 3 rings (SSSR count). The number of imidazole rings is 1. The number of furan rings is 1. The van der Waals surface area contributed by atoms with Crippen molar-refractivity contribution in [3.8, 4) is 0 Å². The molecule has 0 saturated carbocycles. The standard InChI is InChI=1S/C12H8F2N2OS/c13-8-3-9(14)11-10(4-8)16(12(18)15-11)5-7-1-2-17-6-7/h1-4,6H,5H2,(H,15,18). The van der Waals surface area contributed by atoms with Crippen molar-refractivity contribution < 1.29 is 13.2 Å². The molecule has 0 unspecified atom stereocenters. The molecule has 18 heavy (non-hydrogen) atoms. The fourth-order valence-corrected chi connectivity index (χ4v) is 2.17. The van der Waals surface area contributed by atoms with E-state index >= 15 is 0 Å². The second-order valence-corrected chi connectivity index (χ2v) is 4.32. The van der Waals surface area contributed by atoms with E-state index < -0.39 is 11.6 Å². The van der Waals surface area contributed by atoms with Crippen LogP contribution in [-0.2, 0) is 6.54 Å². The van der Waals surface area contributed by atoms with Gasteiger partial charge in [-0.1, -0.05) is 0 Å². The van der Waals surface area contributed by atoms with Crippen LogP contribution in [0.1, 0.15) is 5.56 Å². The van der Waals surface area contributed by atoms with Gasteiger partial charge in [-0.3, -0.25) is 0 Å². The van der Waals surface area contributed by atoms with E-state index in [0.717, 1.165) is 11.6 Å². The van der Waals surface area contributed by atoms with Crippen LogP contribution < -0.4 is 0 Å². The van der Waals surface area contributed by atoms with Gasteiger partial charge < -0.3 is 14.0 Å². The molecule has 0 amide bonds. The maximum absolute atomic E-state index is 13.6. The highest BCUT2D eigenvalue weighted by atomic mass is 32.1. The Morgan fingerprint density at radius 2 is 2.17 bits per heavy atom. The second kappa shape index (κ2) is 4.06. The van der Waals surface area contributed by atoms with Crippen LogP contribution in [0, 0.1) is 16.4 Å². The van der Waals surface area contributed by atoms with E-state index in [2.05, 4.69) is 4.98 Å². The molecule has 0 atom stereocenters. The molecule has 3 aromatic rings. The van der Waals surface area contributed by atoms with E-state index in [-0.39, 0.29) is 5.52 Å². The molecular formula is C12H8F2N2OS. The van der Waals surface area contributed by atoms with Crippen LogP contribution in [0.4, 0.5) is 8.78 Å². The Kier molecular flexibility index (Phi) is 2.52. The number of nitrogens with zero attached hydrogens (tertiary/aromatic N) is 1. The number of aromatic nitrogens is 2. The van der Waals surface area contributed by atoms with E-state index in [4.69, 9.17) is 16.6 Å². The number of H-pyrrole nitrogens is 1. The number of nitrogens with one attached hydrogen (secondary N) is 1. The molecule has 2 heterocycles. The zero-order valence-electron chi connectivity index (χ0n) is 9.11. The zero-order valence-corrected chi connectivity index (χ0v) is 9.93. The largest absolute Gasteiger partial charge is 0.472 e. The molecule has 3 nitrogen and oxygen atoms in total. The van der Waals surface area contributed by atoms with Crippen molar-refractivity contribution in [1.29, 1.82) is 0 Å². The number of hydrogen-bond acceptors (Lipinski definition) is 2. The number of hydrogen-bond donors (Lipinski definition) is 1. The van der Waals surface area contributed by atoms with Gasteiger partial charge in [-0.2, -0.15) is 0 Å². The van der Waals surface area contributed by atoms with Gasteiger partial charge >= 0.3 is 0 Å². The molecule has 0 spiro atoms. The number of rotatable bonds is 2. The Morgan fingerprint density at radius 3 is 2.89 bits per heavy atom. The van der Waals surface area contributed by atoms with Crippen molar-refractivity contribution in [3.05, 3.63) is 52.7 Å². The average Bonchev–Trinajstić information content (AvgIpc) is 2.91. The molecule has 1 aromatic carbocycles. The van der Waals surface area contributed by atoms with Crippen molar-refractivity contribution in [3.63, 3.8) is 0 Å². The van der Waals surface area contributed by atoms with E-state index in [1.165, 1.54) is 12.3 Å². The van der Waals surface area contributed by atoms with Crippen molar-refractivity contribution in [2.24, 2.45) is 0 Å². The second-order valence-electron chi connectivity index (χ2n) is 3.93. The average molecular weight is 266 g/mol. The number of benzene rings is 1. The Balaban J connectivity index is 2.22. The van der Waals surface area contributed by atoms with Crippen molar-refractivity contribution in [1.82, 2.24) is 9.55 Å². The van der Waals surface area contributed by atoms with Gasteiger partial charge in [0, 0.05) is 11.6 Å². The highest BCUT2D eigenvalue weighted by Crippen LogP contribution is 2.20. The Bertz CT molecular complexity index is 758. The molecule has 0 aliphatic heterocycles. The van der Waals surface area contributed by atoms with E-state index in [1.54, 1.807) is 16.9 Å².